The highest BCUT2D eigenvalue weighted by atomic mass is 32.2. The van der Waals surface area contributed by atoms with Crippen molar-refractivity contribution < 1.29 is 8.78 Å². The van der Waals surface area contributed by atoms with Gasteiger partial charge in [-0.25, -0.2) is 13.8 Å². The highest BCUT2D eigenvalue weighted by molar-refractivity contribution is 8.16. The van der Waals surface area contributed by atoms with Crippen LogP contribution in [0.15, 0.2) is 58.7 Å². The van der Waals surface area contributed by atoms with Gasteiger partial charge in [0.1, 0.15) is 26.9 Å². The summed E-state index contributed by atoms with van der Waals surface area (Å²) in [5, 5.41) is 15.2. The zero-order chi connectivity index (χ0) is 23.0. The quantitative estimate of drug-likeness (QED) is 0.690. The summed E-state index contributed by atoms with van der Waals surface area (Å²) in [6.45, 7) is 3.21. The van der Waals surface area contributed by atoms with Crippen molar-refractivity contribution in [2.24, 2.45) is 15.9 Å². The molecular weight excluding hydrogens is 462 g/mol. The van der Waals surface area contributed by atoms with Crippen molar-refractivity contribution in [1.82, 2.24) is 14.9 Å². The van der Waals surface area contributed by atoms with Crippen molar-refractivity contribution >= 4 is 33.7 Å². The van der Waals surface area contributed by atoms with Gasteiger partial charge in [0.25, 0.3) is 0 Å². The van der Waals surface area contributed by atoms with E-state index in [1.54, 1.807) is 11.8 Å². The molecule has 3 aliphatic heterocycles. The zero-order valence-electron chi connectivity index (χ0n) is 18.3. The molecule has 0 spiro atoms. The summed E-state index contributed by atoms with van der Waals surface area (Å²) in [7, 11) is 2.11. The first-order chi connectivity index (χ1) is 16.0. The van der Waals surface area contributed by atoms with Crippen molar-refractivity contribution in [3.63, 3.8) is 0 Å². The fourth-order valence-corrected chi connectivity index (χ4v) is 7.09. The number of halogens is 2. The van der Waals surface area contributed by atoms with E-state index in [4.69, 9.17) is 15.9 Å². The van der Waals surface area contributed by atoms with Gasteiger partial charge in [-0.2, -0.15) is 5.10 Å². The molecule has 0 saturated carbocycles. The summed E-state index contributed by atoms with van der Waals surface area (Å²) in [4.78, 5) is 1.64. The SMILES string of the molecule is CN1CCN2N=C(N3N=C(c4cc(F)ccc4F)SC3(CCCN)c3ccccc3)SC2C1. The second-order valence-electron chi connectivity index (χ2n) is 8.37. The Morgan fingerprint density at radius 1 is 1.12 bits per heavy atom. The van der Waals surface area contributed by atoms with E-state index < -0.39 is 16.5 Å². The van der Waals surface area contributed by atoms with Gasteiger partial charge in [-0.05, 0) is 50.2 Å². The normalized spacial score (nSPS) is 25.3. The molecule has 2 aromatic carbocycles. The lowest BCUT2D eigenvalue weighted by Crippen LogP contribution is -2.45. The van der Waals surface area contributed by atoms with Gasteiger partial charge >= 0.3 is 0 Å². The average Bonchev–Trinajstić information content (AvgIpc) is 3.41. The number of fused-ring (bicyclic) bond motifs is 1. The van der Waals surface area contributed by atoms with Crippen molar-refractivity contribution in [1.29, 1.82) is 0 Å². The molecule has 0 amide bonds. The topological polar surface area (TPSA) is 60.5 Å². The van der Waals surface area contributed by atoms with Crippen LogP contribution in [0.4, 0.5) is 8.78 Å². The number of hydrogen-bond donors (Lipinski definition) is 1. The molecule has 3 aliphatic rings. The smallest absolute Gasteiger partial charge is 0.207 e. The number of piperazine rings is 1. The van der Waals surface area contributed by atoms with Crippen LogP contribution in [0.2, 0.25) is 0 Å². The van der Waals surface area contributed by atoms with E-state index in [1.807, 2.05) is 23.2 Å². The van der Waals surface area contributed by atoms with Crippen LogP contribution >= 0.6 is 23.5 Å². The van der Waals surface area contributed by atoms with Gasteiger partial charge in [0, 0.05) is 18.7 Å². The van der Waals surface area contributed by atoms with Gasteiger partial charge in [0.05, 0.1) is 6.54 Å². The summed E-state index contributed by atoms with van der Waals surface area (Å²) in [6.07, 6.45) is 1.44. The number of likely N-dealkylation sites (N-methyl/N-ethyl adjacent to an activating group) is 1. The standard InChI is InChI=1S/C23H26F2N6S2/c1-29-12-13-30-20(15-29)32-22(28-30)31-23(10-5-11-26,16-6-3-2-4-7-16)33-21(27-31)18-14-17(24)8-9-19(18)25/h2-4,6-9,14,20H,5,10-13,15,26H2,1H3. The minimum Gasteiger partial charge on any atom is -0.330 e. The molecule has 0 bridgehead atoms. The first-order valence-electron chi connectivity index (χ1n) is 11.0. The van der Waals surface area contributed by atoms with E-state index in [1.165, 1.54) is 17.8 Å². The molecule has 3 heterocycles. The minimum atomic E-state index is -0.652. The second-order valence-corrected chi connectivity index (χ2v) is 10.8. The first-order valence-corrected chi connectivity index (χ1v) is 12.7. The summed E-state index contributed by atoms with van der Waals surface area (Å²) >= 11 is 3.12. The summed E-state index contributed by atoms with van der Waals surface area (Å²) in [5.41, 5.74) is 7.11. The summed E-state index contributed by atoms with van der Waals surface area (Å²) in [6, 6.07) is 13.5. The molecule has 2 aromatic rings. The van der Waals surface area contributed by atoms with Crippen LogP contribution in [0.5, 0.6) is 0 Å². The third kappa shape index (κ3) is 4.25. The van der Waals surface area contributed by atoms with E-state index in [0.29, 0.717) is 18.0 Å². The maximum absolute atomic E-state index is 14.8. The molecule has 2 N–H and O–H groups in total. The Morgan fingerprint density at radius 2 is 1.94 bits per heavy atom. The fourth-order valence-electron chi connectivity index (χ4n) is 4.31. The number of nitrogens with zero attached hydrogens (tertiary/aromatic N) is 5. The fraction of sp³-hybridized carbons (Fsp3) is 0.391. The van der Waals surface area contributed by atoms with Crippen molar-refractivity contribution in [2.45, 2.75) is 23.1 Å². The minimum absolute atomic E-state index is 0.164. The molecule has 1 fully saturated rings. The van der Waals surface area contributed by atoms with E-state index in [2.05, 4.69) is 29.1 Å². The molecule has 6 nitrogen and oxygen atoms in total. The lowest BCUT2D eigenvalue weighted by atomic mass is 10.0. The molecule has 5 rings (SSSR count). The van der Waals surface area contributed by atoms with Crippen LogP contribution in [0.1, 0.15) is 24.0 Å². The van der Waals surface area contributed by atoms with Gasteiger partial charge in [-0.3, -0.25) is 5.01 Å². The van der Waals surface area contributed by atoms with Crippen LogP contribution < -0.4 is 5.73 Å². The van der Waals surface area contributed by atoms with Gasteiger partial charge in [-0.15, -0.1) is 5.10 Å². The van der Waals surface area contributed by atoms with Crippen LogP contribution in [-0.2, 0) is 4.87 Å². The molecule has 33 heavy (non-hydrogen) atoms. The Bertz CT molecular complexity index is 1080. The van der Waals surface area contributed by atoms with E-state index in [-0.39, 0.29) is 10.9 Å². The van der Waals surface area contributed by atoms with E-state index in [0.717, 1.165) is 48.9 Å². The first kappa shape index (κ1) is 22.6. The highest BCUT2D eigenvalue weighted by Crippen LogP contribution is 2.52. The molecule has 2 unspecified atom stereocenters. The van der Waals surface area contributed by atoms with Crippen LogP contribution in [0.3, 0.4) is 0 Å². The van der Waals surface area contributed by atoms with Crippen LogP contribution in [0.25, 0.3) is 0 Å². The van der Waals surface area contributed by atoms with Gasteiger partial charge in [0.15, 0.2) is 0 Å². The number of hydrazone groups is 2. The number of nitrogens with two attached hydrogens (primary N) is 1. The molecule has 0 aromatic heterocycles. The van der Waals surface area contributed by atoms with Gasteiger partial charge in [0.2, 0.25) is 5.17 Å². The third-order valence-corrected chi connectivity index (χ3v) is 8.62. The van der Waals surface area contributed by atoms with Gasteiger partial charge in [-0.1, -0.05) is 53.9 Å². The maximum Gasteiger partial charge on any atom is 0.207 e. The number of thioether (sulfide) groups is 2. The monoisotopic (exact) mass is 488 g/mol. The van der Waals surface area contributed by atoms with Crippen LogP contribution in [0, 0.1) is 11.6 Å². The maximum atomic E-state index is 14.8. The van der Waals surface area contributed by atoms with E-state index in [9.17, 15) is 8.78 Å². The summed E-state index contributed by atoms with van der Waals surface area (Å²) < 4.78 is 28.8. The second kappa shape index (κ2) is 9.25. The molecule has 10 heteroatoms. The Balaban J connectivity index is 1.60. The largest absolute Gasteiger partial charge is 0.330 e. The number of hydrogen-bond acceptors (Lipinski definition) is 8. The molecular formula is C23H26F2N6S2. The molecule has 174 valence electrons. The predicted molar refractivity (Wildman–Crippen MR) is 132 cm³/mol. The Hall–Kier alpha value is -2.14. The lowest BCUT2D eigenvalue weighted by molar-refractivity contribution is 0.143. The predicted octanol–water partition coefficient (Wildman–Crippen LogP) is 3.86. The Morgan fingerprint density at radius 3 is 2.73 bits per heavy atom. The molecule has 0 aliphatic carbocycles. The van der Waals surface area contributed by atoms with Gasteiger partial charge < -0.3 is 10.6 Å². The average molecular weight is 489 g/mol. The Kier molecular flexibility index (Phi) is 6.34. The number of benzene rings is 2. The molecule has 0 radical (unpaired) electrons. The van der Waals surface area contributed by atoms with Crippen molar-refractivity contribution in [3.8, 4) is 0 Å². The number of rotatable bonds is 5. The molecule has 1 saturated heterocycles. The van der Waals surface area contributed by atoms with Crippen molar-refractivity contribution in [3.05, 3.63) is 71.3 Å². The highest BCUT2D eigenvalue weighted by Gasteiger charge is 2.50. The third-order valence-electron chi connectivity index (χ3n) is 6.05. The zero-order valence-corrected chi connectivity index (χ0v) is 20.0. The Labute approximate surface area is 200 Å². The molecule has 2 atom stereocenters. The van der Waals surface area contributed by atoms with Crippen molar-refractivity contribution in [2.75, 3.05) is 33.2 Å². The van der Waals surface area contributed by atoms with E-state index >= 15 is 0 Å². The van der Waals surface area contributed by atoms with Crippen LogP contribution in [-0.4, -0.2) is 63.7 Å². The summed E-state index contributed by atoms with van der Waals surface area (Å²) in [5.74, 6) is -0.987. The number of amidine groups is 1. The lowest BCUT2D eigenvalue weighted by Gasteiger charge is -2.36.